The largest absolute Gasteiger partial charge is 0.353 e. The van der Waals surface area contributed by atoms with Gasteiger partial charge in [-0.25, -0.2) is 9.36 Å². The van der Waals surface area contributed by atoms with Crippen LogP contribution >= 0.6 is 11.8 Å². The molecule has 0 atom stereocenters. The van der Waals surface area contributed by atoms with Crippen LogP contribution in [0.1, 0.15) is 64.3 Å². The van der Waals surface area contributed by atoms with Crippen LogP contribution < -0.4 is 11.2 Å². The van der Waals surface area contributed by atoms with Gasteiger partial charge in [0, 0.05) is 11.7 Å². The number of carbonyl (C=O) groups excluding carboxylic acids is 1. The first-order chi connectivity index (χ1) is 13.7. The molecule has 0 unspecified atom stereocenters. The summed E-state index contributed by atoms with van der Waals surface area (Å²) in [4.78, 5) is 12.4. The molecule has 0 aromatic carbocycles. The van der Waals surface area contributed by atoms with E-state index in [1.165, 1.54) is 35.7 Å². The van der Waals surface area contributed by atoms with Crippen LogP contribution in [-0.4, -0.2) is 42.4 Å². The summed E-state index contributed by atoms with van der Waals surface area (Å²) in [5, 5.41) is 16.3. The highest BCUT2D eigenvalue weighted by molar-refractivity contribution is 7.99. The predicted octanol–water partition coefficient (Wildman–Crippen LogP) is 3.00. The Balaban J connectivity index is 1.50. The van der Waals surface area contributed by atoms with Crippen molar-refractivity contribution < 1.29 is 4.79 Å². The molecule has 2 heterocycles. The van der Waals surface area contributed by atoms with Gasteiger partial charge < -0.3 is 11.2 Å². The number of aryl methyl sites for hydroxylation is 2. The summed E-state index contributed by atoms with van der Waals surface area (Å²) in [5.74, 6) is 7.61. The first-order valence-electron chi connectivity index (χ1n) is 10.4. The van der Waals surface area contributed by atoms with Gasteiger partial charge in [0.15, 0.2) is 0 Å². The monoisotopic (exact) mass is 419 g/mol. The van der Waals surface area contributed by atoms with Crippen molar-refractivity contribution in [2.24, 2.45) is 11.3 Å². The van der Waals surface area contributed by atoms with E-state index in [1.54, 1.807) is 4.68 Å². The van der Waals surface area contributed by atoms with Gasteiger partial charge in [-0.1, -0.05) is 39.0 Å². The van der Waals surface area contributed by atoms with Crippen molar-refractivity contribution in [1.29, 1.82) is 0 Å². The van der Waals surface area contributed by atoms with Crippen LogP contribution in [0, 0.1) is 25.2 Å². The quantitative estimate of drug-likeness (QED) is 0.528. The summed E-state index contributed by atoms with van der Waals surface area (Å²) >= 11 is 1.29. The molecule has 1 amide bonds. The summed E-state index contributed by atoms with van der Waals surface area (Å²) in [6.45, 7) is 10.8. The summed E-state index contributed by atoms with van der Waals surface area (Å²) in [6.07, 6.45) is 5.67. The van der Waals surface area contributed by atoms with Crippen molar-refractivity contribution >= 4 is 17.7 Å². The molecule has 0 spiro atoms. The fraction of sp³-hybridized carbons (Fsp3) is 0.700. The molecular formula is C20H33N7OS. The maximum absolute atomic E-state index is 12.4. The maximum atomic E-state index is 12.4. The van der Waals surface area contributed by atoms with Crippen LogP contribution in [-0.2, 0) is 4.79 Å². The Labute approximate surface area is 177 Å². The number of nitrogens with two attached hydrogens (primary N) is 1. The van der Waals surface area contributed by atoms with Crippen LogP contribution in [0.25, 0.3) is 5.95 Å². The summed E-state index contributed by atoms with van der Waals surface area (Å²) in [7, 11) is 0. The molecule has 1 fully saturated rings. The van der Waals surface area contributed by atoms with Crippen molar-refractivity contribution in [2.45, 2.75) is 77.9 Å². The van der Waals surface area contributed by atoms with E-state index in [2.05, 4.69) is 41.4 Å². The number of rotatable bonds is 7. The van der Waals surface area contributed by atoms with E-state index in [-0.39, 0.29) is 17.7 Å². The van der Waals surface area contributed by atoms with E-state index in [4.69, 9.17) is 5.84 Å². The van der Waals surface area contributed by atoms with Gasteiger partial charge in [0.2, 0.25) is 11.1 Å². The van der Waals surface area contributed by atoms with Crippen LogP contribution in [0.3, 0.4) is 0 Å². The van der Waals surface area contributed by atoms with E-state index < -0.39 is 0 Å². The zero-order valence-corrected chi connectivity index (χ0v) is 18.9. The van der Waals surface area contributed by atoms with Crippen LogP contribution in [0.5, 0.6) is 0 Å². The molecule has 160 valence electrons. The zero-order chi connectivity index (χ0) is 21.2. The molecule has 1 saturated carbocycles. The molecule has 3 N–H and O–H groups in total. The molecule has 0 saturated heterocycles. The predicted molar refractivity (Wildman–Crippen MR) is 115 cm³/mol. The smallest absolute Gasteiger partial charge is 0.271 e. The molecule has 2 aromatic heterocycles. The van der Waals surface area contributed by atoms with Gasteiger partial charge in [0.1, 0.15) is 0 Å². The molecule has 2 aromatic rings. The number of hydrogen-bond donors (Lipinski definition) is 2. The highest BCUT2D eigenvalue weighted by Gasteiger charge is 2.32. The molecule has 29 heavy (non-hydrogen) atoms. The van der Waals surface area contributed by atoms with Crippen molar-refractivity contribution in [3.05, 3.63) is 17.5 Å². The Morgan fingerprint density at radius 3 is 2.55 bits per heavy atom. The second-order valence-corrected chi connectivity index (χ2v) is 9.68. The van der Waals surface area contributed by atoms with Gasteiger partial charge in [-0.2, -0.15) is 5.10 Å². The minimum atomic E-state index is 0.0175. The standard InChI is InChI=1S/C20H33N7OS/c1-6-20(4,5)15-7-9-16(10-8-15)22-17(28)12-29-19-24-23-18(26(19)21)27-14(3)11-13(2)25-27/h11,15-16H,6-10,12,21H2,1-5H3,(H,22,28). The SMILES string of the molecule is CCC(C)(C)C1CCC(NC(=O)CSc2nnc(-n3nc(C)cc3C)n2N)CC1. The highest BCUT2D eigenvalue weighted by Crippen LogP contribution is 2.40. The molecule has 0 bridgehead atoms. The highest BCUT2D eigenvalue weighted by atomic mass is 32.2. The third-order valence-corrected chi connectivity index (χ3v) is 7.23. The lowest BCUT2D eigenvalue weighted by Crippen LogP contribution is -2.40. The molecule has 0 radical (unpaired) electrons. The molecule has 8 nitrogen and oxygen atoms in total. The van der Waals surface area contributed by atoms with Gasteiger partial charge in [-0.05, 0) is 56.9 Å². The number of carbonyl (C=O) groups is 1. The third-order valence-electron chi connectivity index (χ3n) is 6.29. The summed E-state index contributed by atoms with van der Waals surface area (Å²) < 4.78 is 3.04. The van der Waals surface area contributed by atoms with Crippen molar-refractivity contribution in [1.82, 2.24) is 30.0 Å². The number of thioether (sulfide) groups is 1. The van der Waals surface area contributed by atoms with E-state index in [9.17, 15) is 4.79 Å². The van der Waals surface area contributed by atoms with Crippen LogP contribution in [0.4, 0.5) is 0 Å². The molecule has 1 aliphatic rings. The Morgan fingerprint density at radius 1 is 1.28 bits per heavy atom. The van der Waals surface area contributed by atoms with Gasteiger partial charge in [-0.15, -0.1) is 10.2 Å². The van der Waals surface area contributed by atoms with Gasteiger partial charge in [0.05, 0.1) is 11.4 Å². The Bertz CT molecular complexity index is 849. The number of hydrogen-bond acceptors (Lipinski definition) is 6. The minimum Gasteiger partial charge on any atom is -0.353 e. The third kappa shape index (κ3) is 4.94. The number of aromatic nitrogens is 5. The van der Waals surface area contributed by atoms with E-state index in [0.717, 1.165) is 30.1 Å². The molecule has 1 aliphatic carbocycles. The van der Waals surface area contributed by atoms with Gasteiger partial charge in [0.25, 0.3) is 5.95 Å². The lowest BCUT2D eigenvalue weighted by molar-refractivity contribution is -0.119. The first kappa shape index (κ1) is 21.7. The number of nitrogens with one attached hydrogen (secondary N) is 1. The van der Waals surface area contributed by atoms with Gasteiger partial charge >= 0.3 is 0 Å². The molecular weight excluding hydrogens is 386 g/mol. The second kappa shape index (κ2) is 8.77. The summed E-state index contributed by atoms with van der Waals surface area (Å²) in [5.41, 5.74) is 2.20. The number of amides is 1. The Morgan fingerprint density at radius 2 is 1.97 bits per heavy atom. The fourth-order valence-electron chi connectivity index (χ4n) is 4.05. The topological polar surface area (TPSA) is 104 Å². The van der Waals surface area contributed by atoms with Crippen LogP contribution in [0.15, 0.2) is 11.2 Å². The normalized spacial score (nSPS) is 20.0. The molecule has 3 rings (SSSR count). The summed E-state index contributed by atoms with van der Waals surface area (Å²) in [6, 6.07) is 2.22. The average Bonchev–Trinajstić information content (AvgIpc) is 3.21. The Kier molecular flexibility index (Phi) is 6.55. The lowest BCUT2D eigenvalue weighted by atomic mass is 9.69. The first-order valence-corrected chi connectivity index (χ1v) is 11.4. The van der Waals surface area contributed by atoms with Crippen molar-refractivity contribution in [3.8, 4) is 5.95 Å². The average molecular weight is 420 g/mol. The zero-order valence-electron chi connectivity index (χ0n) is 18.1. The van der Waals surface area contributed by atoms with Gasteiger partial charge in [-0.3, -0.25) is 4.79 Å². The molecule has 0 aliphatic heterocycles. The van der Waals surface area contributed by atoms with E-state index in [1.807, 2.05) is 19.9 Å². The van der Waals surface area contributed by atoms with Crippen LogP contribution in [0.2, 0.25) is 0 Å². The van der Waals surface area contributed by atoms with E-state index >= 15 is 0 Å². The van der Waals surface area contributed by atoms with Crippen molar-refractivity contribution in [3.63, 3.8) is 0 Å². The second-order valence-electron chi connectivity index (χ2n) is 8.74. The minimum absolute atomic E-state index is 0.0175. The molecule has 9 heteroatoms. The Hall–Kier alpha value is -2.03. The number of nitrogen functional groups attached to an aromatic ring is 1. The van der Waals surface area contributed by atoms with Crippen molar-refractivity contribution in [2.75, 3.05) is 11.6 Å². The van der Waals surface area contributed by atoms with E-state index in [0.29, 0.717) is 16.5 Å². The lowest BCUT2D eigenvalue weighted by Gasteiger charge is -2.39. The maximum Gasteiger partial charge on any atom is 0.271 e. The number of nitrogens with zero attached hydrogens (tertiary/aromatic N) is 5. The fourth-order valence-corrected chi connectivity index (χ4v) is 4.71.